The summed E-state index contributed by atoms with van der Waals surface area (Å²) in [6, 6.07) is 1.60. The van der Waals surface area contributed by atoms with E-state index in [1.807, 2.05) is 0 Å². The third kappa shape index (κ3) is 1.30. The highest BCUT2D eigenvalue weighted by atomic mass is 19.1. The Morgan fingerprint density at radius 3 is 3.21 bits per heavy atom. The van der Waals surface area contributed by atoms with Crippen LogP contribution in [0.1, 0.15) is 6.42 Å². The normalized spacial score (nSPS) is 15.9. The van der Waals surface area contributed by atoms with Gasteiger partial charge in [0, 0.05) is 25.7 Å². The second-order valence-electron chi connectivity index (χ2n) is 3.05. The standard InChI is InChI=1S/C9H10FN3O/c1-13-7(11)3-5-14-6-2-4-12-9(10)8(6)13/h2,4,11H,3,5H2,1H3. The molecule has 0 radical (unpaired) electrons. The number of hydrogen-bond acceptors (Lipinski definition) is 3. The van der Waals surface area contributed by atoms with Crippen LogP contribution in [0.5, 0.6) is 5.75 Å². The van der Waals surface area contributed by atoms with E-state index in [1.54, 1.807) is 13.1 Å². The number of fused-ring (bicyclic) bond motifs is 1. The van der Waals surface area contributed by atoms with Crippen molar-refractivity contribution >= 4 is 11.5 Å². The van der Waals surface area contributed by atoms with Crippen LogP contribution >= 0.6 is 0 Å². The highest BCUT2D eigenvalue weighted by Gasteiger charge is 2.21. The number of ether oxygens (including phenoxy) is 1. The highest BCUT2D eigenvalue weighted by Crippen LogP contribution is 2.31. The largest absolute Gasteiger partial charge is 0.491 e. The van der Waals surface area contributed by atoms with E-state index in [0.29, 0.717) is 24.6 Å². The molecule has 5 heteroatoms. The molecule has 1 aliphatic rings. The van der Waals surface area contributed by atoms with E-state index in [-0.39, 0.29) is 5.69 Å². The van der Waals surface area contributed by atoms with E-state index in [0.717, 1.165) is 0 Å². The smallest absolute Gasteiger partial charge is 0.240 e. The zero-order valence-corrected chi connectivity index (χ0v) is 7.75. The average Bonchev–Trinajstić information content (AvgIpc) is 2.29. The van der Waals surface area contributed by atoms with E-state index >= 15 is 0 Å². The van der Waals surface area contributed by atoms with E-state index in [4.69, 9.17) is 10.1 Å². The van der Waals surface area contributed by atoms with Crippen LogP contribution in [0.4, 0.5) is 10.1 Å². The first-order chi connectivity index (χ1) is 6.70. The van der Waals surface area contributed by atoms with Crippen molar-refractivity contribution in [3.05, 3.63) is 18.2 Å². The van der Waals surface area contributed by atoms with Crippen molar-refractivity contribution in [2.75, 3.05) is 18.6 Å². The summed E-state index contributed by atoms with van der Waals surface area (Å²) in [7, 11) is 1.64. The summed E-state index contributed by atoms with van der Waals surface area (Å²) in [6.45, 7) is 0.402. The molecule has 1 aliphatic heterocycles. The molecule has 0 aliphatic carbocycles. The molecule has 0 unspecified atom stereocenters. The number of aromatic nitrogens is 1. The Hall–Kier alpha value is -1.65. The van der Waals surface area contributed by atoms with Gasteiger partial charge < -0.3 is 9.64 Å². The van der Waals surface area contributed by atoms with Gasteiger partial charge in [0.25, 0.3) is 0 Å². The SMILES string of the molecule is CN1C(=N)CCOc2ccnc(F)c21. The number of rotatable bonds is 0. The Morgan fingerprint density at radius 2 is 2.43 bits per heavy atom. The maximum absolute atomic E-state index is 13.3. The minimum atomic E-state index is -0.600. The molecule has 1 N–H and O–H groups in total. The van der Waals surface area contributed by atoms with E-state index < -0.39 is 5.95 Å². The van der Waals surface area contributed by atoms with Crippen LogP contribution in [0.15, 0.2) is 12.3 Å². The zero-order chi connectivity index (χ0) is 10.1. The van der Waals surface area contributed by atoms with Crippen LogP contribution in [0.3, 0.4) is 0 Å². The first-order valence-electron chi connectivity index (χ1n) is 4.28. The number of pyridine rings is 1. The van der Waals surface area contributed by atoms with Gasteiger partial charge in [-0.25, -0.2) is 4.98 Å². The van der Waals surface area contributed by atoms with Gasteiger partial charge in [-0.2, -0.15) is 4.39 Å². The lowest BCUT2D eigenvalue weighted by Crippen LogP contribution is -2.25. The molecule has 2 rings (SSSR count). The summed E-state index contributed by atoms with van der Waals surface area (Å²) in [5.74, 6) is 0.176. The van der Waals surface area contributed by atoms with Crippen molar-refractivity contribution in [3.8, 4) is 5.75 Å². The second kappa shape index (κ2) is 3.25. The van der Waals surface area contributed by atoms with Crippen molar-refractivity contribution in [3.63, 3.8) is 0 Å². The molecule has 0 saturated carbocycles. The number of nitrogens with one attached hydrogen (secondary N) is 1. The Balaban J connectivity index is 2.55. The van der Waals surface area contributed by atoms with Crippen molar-refractivity contribution in [2.24, 2.45) is 0 Å². The van der Waals surface area contributed by atoms with Crippen LogP contribution in [0, 0.1) is 11.4 Å². The zero-order valence-electron chi connectivity index (χ0n) is 7.75. The van der Waals surface area contributed by atoms with Crippen molar-refractivity contribution in [1.82, 2.24) is 4.98 Å². The quantitative estimate of drug-likeness (QED) is 0.637. The van der Waals surface area contributed by atoms with Crippen LogP contribution in [-0.2, 0) is 0 Å². The minimum absolute atomic E-state index is 0.245. The van der Waals surface area contributed by atoms with Gasteiger partial charge in [0.15, 0.2) is 0 Å². The van der Waals surface area contributed by atoms with Crippen molar-refractivity contribution < 1.29 is 9.13 Å². The number of anilines is 1. The molecule has 0 atom stereocenters. The van der Waals surface area contributed by atoms with Gasteiger partial charge in [-0.05, 0) is 0 Å². The third-order valence-corrected chi connectivity index (χ3v) is 2.18. The second-order valence-corrected chi connectivity index (χ2v) is 3.05. The molecule has 0 aromatic carbocycles. The predicted octanol–water partition coefficient (Wildman–Crippen LogP) is 1.42. The Bertz CT molecular complexity index is 380. The monoisotopic (exact) mass is 195 g/mol. The van der Waals surface area contributed by atoms with Crippen LogP contribution in [0.25, 0.3) is 0 Å². The van der Waals surface area contributed by atoms with Crippen LogP contribution in [-0.4, -0.2) is 24.5 Å². The van der Waals surface area contributed by atoms with Gasteiger partial charge in [0.2, 0.25) is 5.95 Å². The first-order valence-corrected chi connectivity index (χ1v) is 4.28. The molecule has 2 heterocycles. The number of halogens is 1. The van der Waals surface area contributed by atoms with Crippen LogP contribution in [0.2, 0.25) is 0 Å². The van der Waals surface area contributed by atoms with E-state index in [9.17, 15) is 4.39 Å². The first kappa shape index (κ1) is 8.93. The Morgan fingerprint density at radius 1 is 1.64 bits per heavy atom. The topological polar surface area (TPSA) is 49.2 Å². The summed E-state index contributed by atoms with van der Waals surface area (Å²) in [5, 5.41) is 7.61. The van der Waals surface area contributed by atoms with Crippen molar-refractivity contribution in [2.45, 2.75) is 6.42 Å². The Kier molecular flexibility index (Phi) is 2.07. The van der Waals surface area contributed by atoms with Gasteiger partial charge in [0.1, 0.15) is 17.3 Å². The maximum atomic E-state index is 13.3. The van der Waals surface area contributed by atoms with Gasteiger partial charge >= 0.3 is 0 Å². The lowest BCUT2D eigenvalue weighted by molar-refractivity contribution is 0.331. The average molecular weight is 195 g/mol. The molecule has 1 aromatic heterocycles. The number of hydrogen-bond donors (Lipinski definition) is 1. The molecule has 74 valence electrons. The lowest BCUT2D eigenvalue weighted by Gasteiger charge is -2.17. The molecule has 1 aromatic rings. The molecule has 0 saturated heterocycles. The Labute approximate surface area is 80.8 Å². The molecule has 14 heavy (non-hydrogen) atoms. The fourth-order valence-corrected chi connectivity index (χ4v) is 1.39. The predicted molar refractivity (Wildman–Crippen MR) is 50.4 cm³/mol. The summed E-state index contributed by atoms with van der Waals surface area (Å²) in [5.41, 5.74) is 0.245. The lowest BCUT2D eigenvalue weighted by atomic mass is 10.3. The molecular weight excluding hydrogens is 185 g/mol. The van der Waals surface area contributed by atoms with Crippen molar-refractivity contribution in [1.29, 1.82) is 5.41 Å². The maximum Gasteiger partial charge on any atom is 0.240 e. The fraction of sp³-hybridized carbons (Fsp3) is 0.333. The summed E-state index contributed by atoms with van der Waals surface area (Å²) in [6.07, 6.45) is 1.83. The number of amidine groups is 1. The summed E-state index contributed by atoms with van der Waals surface area (Å²) < 4.78 is 18.7. The summed E-state index contributed by atoms with van der Waals surface area (Å²) in [4.78, 5) is 5.00. The fourth-order valence-electron chi connectivity index (χ4n) is 1.39. The minimum Gasteiger partial charge on any atom is -0.491 e. The van der Waals surface area contributed by atoms with E-state index in [1.165, 1.54) is 11.1 Å². The van der Waals surface area contributed by atoms with Crippen LogP contribution < -0.4 is 9.64 Å². The van der Waals surface area contributed by atoms with Gasteiger partial charge in [-0.15, -0.1) is 0 Å². The number of nitrogens with zero attached hydrogens (tertiary/aromatic N) is 2. The highest BCUT2D eigenvalue weighted by molar-refractivity contribution is 5.96. The molecular formula is C9H10FN3O. The molecule has 0 spiro atoms. The third-order valence-electron chi connectivity index (χ3n) is 2.18. The van der Waals surface area contributed by atoms with Gasteiger partial charge in [-0.3, -0.25) is 5.41 Å². The molecule has 0 amide bonds. The van der Waals surface area contributed by atoms with E-state index in [2.05, 4.69) is 4.98 Å². The molecule has 0 bridgehead atoms. The van der Waals surface area contributed by atoms with Gasteiger partial charge in [-0.1, -0.05) is 0 Å². The van der Waals surface area contributed by atoms with Gasteiger partial charge in [0.05, 0.1) is 6.61 Å². The molecule has 4 nitrogen and oxygen atoms in total. The molecule has 0 fully saturated rings. The summed E-state index contributed by atoms with van der Waals surface area (Å²) >= 11 is 0.